The van der Waals surface area contributed by atoms with E-state index in [4.69, 9.17) is 0 Å². The van der Waals surface area contributed by atoms with E-state index in [0.717, 1.165) is 13.1 Å². The van der Waals surface area contributed by atoms with Gasteiger partial charge >= 0.3 is 0 Å². The average Bonchev–Trinajstić information content (AvgIpc) is 3.02. The standard InChI is InChI=1S/C14H21NO/c1-12-5-3-4-6-13(12)9-15(2)10-14(11-16)7-8-14/h3-6,16H,7-11H2,1-2H3. The predicted octanol–water partition coefficient (Wildman–Crippen LogP) is 2.20. The zero-order chi connectivity index (χ0) is 11.6. The third-order valence-corrected chi connectivity index (χ3v) is 3.60. The van der Waals surface area contributed by atoms with Gasteiger partial charge in [-0.3, -0.25) is 0 Å². The molecular formula is C14H21NO. The van der Waals surface area contributed by atoms with Crippen molar-refractivity contribution in [1.82, 2.24) is 4.90 Å². The minimum atomic E-state index is 0.220. The molecule has 16 heavy (non-hydrogen) atoms. The molecule has 1 N–H and O–H groups in total. The van der Waals surface area contributed by atoms with E-state index >= 15 is 0 Å². The molecule has 0 bridgehead atoms. The Morgan fingerprint density at radius 1 is 1.31 bits per heavy atom. The topological polar surface area (TPSA) is 23.5 Å². The van der Waals surface area contributed by atoms with Crippen molar-refractivity contribution >= 4 is 0 Å². The maximum absolute atomic E-state index is 9.30. The quantitative estimate of drug-likeness (QED) is 0.820. The van der Waals surface area contributed by atoms with Crippen molar-refractivity contribution in [2.75, 3.05) is 20.2 Å². The van der Waals surface area contributed by atoms with Crippen molar-refractivity contribution in [2.45, 2.75) is 26.3 Å². The second kappa shape index (κ2) is 4.56. The number of hydrogen-bond acceptors (Lipinski definition) is 2. The summed E-state index contributed by atoms with van der Waals surface area (Å²) >= 11 is 0. The van der Waals surface area contributed by atoms with E-state index in [1.165, 1.54) is 24.0 Å². The van der Waals surface area contributed by atoms with E-state index in [0.29, 0.717) is 6.61 Å². The lowest BCUT2D eigenvalue weighted by atomic mass is 10.1. The van der Waals surface area contributed by atoms with Crippen molar-refractivity contribution in [3.05, 3.63) is 35.4 Å². The highest BCUT2D eigenvalue weighted by molar-refractivity contribution is 5.25. The summed E-state index contributed by atoms with van der Waals surface area (Å²) in [6, 6.07) is 8.51. The van der Waals surface area contributed by atoms with Crippen LogP contribution in [0.25, 0.3) is 0 Å². The summed E-state index contributed by atoms with van der Waals surface area (Å²) in [5.74, 6) is 0. The fourth-order valence-electron chi connectivity index (χ4n) is 2.25. The molecule has 0 spiro atoms. The molecule has 2 nitrogen and oxygen atoms in total. The Hall–Kier alpha value is -0.860. The summed E-state index contributed by atoms with van der Waals surface area (Å²) in [5, 5.41) is 9.30. The van der Waals surface area contributed by atoms with Crippen LogP contribution >= 0.6 is 0 Å². The molecular weight excluding hydrogens is 198 g/mol. The zero-order valence-corrected chi connectivity index (χ0v) is 10.2. The maximum Gasteiger partial charge on any atom is 0.0499 e. The fourth-order valence-corrected chi connectivity index (χ4v) is 2.25. The van der Waals surface area contributed by atoms with Crippen molar-refractivity contribution in [2.24, 2.45) is 5.41 Å². The molecule has 0 heterocycles. The lowest BCUT2D eigenvalue weighted by Crippen LogP contribution is -2.28. The van der Waals surface area contributed by atoms with Gasteiger partial charge in [-0.2, -0.15) is 0 Å². The van der Waals surface area contributed by atoms with Gasteiger partial charge in [0, 0.05) is 25.1 Å². The number of rotatable bonds is 5. The van der Waals surface area contributed by atoms with Crippen LogP contribution in [0.2, 0.25) is 0 Å². The highest BCUT2D eigenvalue weighted by atomic mass is 16.3. The maximum atomic E-state index is 9.30. The Kier molecular flexibility index (Phi) is 3.31. The molecule has 1 aliphatic rings. The van der Waals surface area contributed by atoms with E-state index in [1.54, 1.807) is 0 Å². The van der Waals surface area contributed by atoms with Crippen molar-refractivity contribution in [1.29, 1.82) is 0 Å². The molecule has 1 fully saturated rings. The van der Waals surface area contributed by atoms with Crippen LogP contribution in [0.1, 0.15) is 24.0 Å². The van der Waals surface area contributed by atoms with E-state index in [1.807, 2.05) is 0 Å². The Bertz CT molecular complexity index is 358. The second-order valence-corrected chi connectivity index (χ2v) is 5.26. The predicted molar refractivity (Wildman–Crippen MR) is 66.3 cm³/mol. The molecule has 0 unspecified atom stereocenters. The Balaban J connectivity index is 1.92. The summed E-state index contributed by atoms with van der Waals surface area (Å²) in [6.45, 7) is 4.49. The highest BCUT2D eigenvalue weighted by Crippen LogP contribution is 2.45. The van der Waals surface area contributed by atoms with Crippen LogP contribution in [0.15, 0.2) is 24.3 Å². The van der Waals surface area contributed by atoms with Crippen molar-refractivity contribution < 1.29 is 5.11 Å². The van der Waals surface area contributed by atoms with Crippen molar-refractivity contribution in [3.63, 3.8) is 0 Å². The van der Waals surface area contributed by atoms with Gasteiger partial charge in [-0.25, -0.2) is 0 Å². The summed E-state index contributed by atoms with van der Waals surface area (Å²) in [4.78, 5) is 2.32. The van der Waals surface area contributed by atoms with E-state index in [9.17, 15) is 5.11 Å². The molecule has 0 saturated heterocycles. The van der Waals surface area contributed by atoms with Crippen LogP contribution in [-0.2, 0) is 6.54 Å². The molecule has 88 valence electrons. The van der Waals surface area contributed by atoms with Gasteiger partial charge in [0.2, 0.25) is 0 Å². The van der Waals surface area contributed by atoms with Crippen LogP contribution in [0.5, 0.6) is 0 Å². The van der Waals surface area contributed by atoms with E-state index in [2.05, 4.69) is 43.1 Å². The molecule has 0 atom stereocenters. The van der Waals surface area contributed by atoms with E-state index in [-0.39, 0.29) is 5.41 Å². The minimum Gasteiger partial charge on any atom is -0.396 e. The zero-order valence-electron chi connectivity index (χ0n) is 10.2. The minimum absolute atomic E-state index is 0.220. The van der Waals surface area contributed by atoms with Gasteiger partial charge in [0.1, 0.15) is 0 Å². The Morgan fingerprint density at radius 3 is 2.56 bits per heavy atom. The van der Waals surface area contributed by atoms with Crippen LogP contribution in [0.4, 0.5) is 0 Å². The number of aryl methyl sites for hydroxylation is 1. The average molecular weight is 219 g/mol. The number of aliphatic hydroxyl groups is 1. The molecule has 2 heteroatoms. The Morgan fingerprint density at radius 2 is 2.00 bits per heavy atom. The Labute approximate surface area is 97.9 Å². The third-order valence-electron chi connectivity index (χ3n) is 3.60. The van der Waals surface area contributed by atoms with Gasteiger partial charge in [0.05, 0.1) is 0 Å². The largest absolute Gasteiger partial charge is 0.396 e. The molecule has 0 amide bonds. The van der Waals surface area contributed by atoms with E-state index < -0.39 is 0 Å². The van der Waals surface area contributed by atoms with Gasteiger partial charge in [-0.15, -0.1) is 0 Å². The first-order valence-corrected chi connectivity index (χ1v) is 5.99. The molecule has 1 aromatic rings. The summed E-state index contributed by atoms with van der Waals surface area (Å²) in [5.41, 5.74) is 2.96. The smallest absolute Gasteiger partial charge is 0.0499 e. The van der Waals surface area contributed by atoms with Gasteiger partial charge in [0.15, 0.2) is 0 Å². The molecule has 0 aromatic heterocycles. The molecule has 1 aliphatic carbocycles. The van der Waals surface area contributed by atoms with Gasteiger partial charge < -0.3 is 10.0 Å². The first kappa shape index (κ1) is 11.6. The molecule has 0 aliphatic heterocycles. The second-order valence-electron chi connectivity index (χ2n) is 5.26. The number of benzene rings is 1. The lowest BCUT2D eigenvalue weighted by Gasteiger charge is -2.22. The van der Waals surface area contributed by atoms with Gasteiger partial charge in [-0.1, -0.05) is 24.3 Å². The molecule has 1 saturated carbocycles. The van der Waals surface area contributed by atoms with Crippen LogP contribution < -0.4 is 0 Å². The highest BCUT2D eigenvalue weighted by Gasteiger charge is 2.42. The summed E-state index contributed by atoms with van der Waals surface area (Å²) in [6.07, 6.45) is 2.36. The normalized spacial score (nSPS) is 17.8. The monoisotopic (exact) mass is 219 g/mol. The summed E-state index contributed by atoms with van der Waals surface area (Å²) in [7, 11) is 2.14. The van der Waals surface area contributed by atoms with Gasteiger partial charge in [0.25, 0.3) is 0 Å². The van der Waals surface area contributed by atoms with Crippen LogP contribution in [0.3, 0.4) is 0 Å². The molecule has 1 aromatic carbocycles. The molecule has 0 radical (unpaired) electrons. The van der Waals surface area contributed by atoms with Crippen LogP contribution in [0, 0.1) is 12.3 Å². The first-order chi connectivity index (χ1) is 7.65. The summed E-state index contributed by atoms with van der Waals surface area (Å²) < 4.78 is 0. The van der Waals surface area contributed by atoms with Gasteiger partial charge in [-0.05, 0) is 37.9 Å². The molecule has 2 rings (SSSR count). The first-order valence-electron chi connectivity index (χ1n) is 5.99. The third kappa shape index (κ3) is 2.63. The number of hydrogen-bond donors (Lipinski definition) is 1. The lowest BCUT2D eigenvalue weighted by molar-refractivity contribution is 0.161. The SMILES string of the molecule is Cc1ccccc1CN(C)CC1(CO)CC1. The van der Waals surface area contributed by atoms with Crippen molar-refractivity contribution in [3.8, 4) is 0 Å². The number of aliphatic hydroxyl groups excluding tert-OH is 1. The van der Waals surface area contributed by atoms with Crippen LogP contribution in [-0.4, -0.2) is 30.2 Å². The number of nitrogens with zero attached hydrogens (tertiary/aromatic N) is 1. The fraction of sp³-hybridized carbons (Fsp3) is 0.571.